The summed E-state index contributed by atoms with van der Waals surface area (Å²) in [5.74, 6) is 3.02. The van der Waals surface area contributed by atoms with Crippen LogP contribution in [0.3, 0.4) is 0 Å². The molecule has 1 aromatic carbocycles. The van der Waals surface area contributed by atoms with Crippen LogP contribution in [0.4, 0.5) is 0 Å². The maximum absolute atomic E-state index is 12.7. The third-order valence-electron chi connectivity index (χ3n) is 4.57. The fourth-order valence-corrected chi connectivity index (χ4v) is 3.70. The van der Waals surface area contributed by atoms with Crippen LogP contribution in [0.5, 0.6) is 11.5 Å². The van der Waals surface area contributed by atoms with Crippen LogP contribution in [0.1, 0.15) is 23.9 Å². The van der Waals surface area contributed by atoms with Gasteiger partial charge in [-0.25, -0.2) is 0 Å². The molecular weight excluding hydrogens is 376 g/mol. The number of ether oxygens (including phenoxy) is 2. The maximum atomic E-state index is 12.7. The number of rotatable bonds is 7. The molecule has 1 aliphatic rings. The summed E-state index contributed by atoms with van der Waals surface area (Å²) in [7, 11) is 0. The molecule has 1 unspecified atom stereocenters. The third kappa shape index (κ3) is 4.06. The van der Waals surface area contributed by atoms with Gasteiger partial charge in [0.2, 0.25) is 5.91 Å². The first-order chi connectivity index (χ1) is 13.7. The number of fused-ring (bicyclic) bond motifs is 2. The Bertz CT molecular complexity index is 975. The van der Waals surface area contributed by atoms with Crippen molar-refractivity contribution >= 4 is 23.3 Å². The zero-order valence-electron chi connectivity index (χ0n) is 15.6. The number of nitrogens with zero attached hydrogens (tertiary/aromatic N) is 3. The minimum atomic E-state index is -0.199. The van der Waals surface area contributed by atoms with Crippen molar-refractivity contribution in [2.45, 2.75) is 18.9 Å². The predicted octanol–water partition coefficient (Wildman–Crippen LogP) is 2.65. The molecule has 1 amide bonds. The van der Waals surface area contributed by atoms with Crippen molar-refractivity contribution < 1.29 is 14.3 Å². The minimum absolute atomic E-state index is 0.0598. The highest BCUT2D eigenvalue weighted by atomic mass is 32.2. The Morgan fingerprint density at radius 1 is 1.21 bits per heavy atom. The quantitative estimate of drug-likeness (QED) is 0.659. The van der Waals surface area contributed by atoms with E-state index in [0.29, 0.717) is 19.0 Å². The lowest BCUT2D eigenvalue weighted by atomic mass is 10.1. The van der Waals surface area contributed by atoms with E-state index in [9.17, 15) is 4.79 Å². The highest BCUT2D eigenvalue weighted by molar-refractivity contribution is 7.98. The van der Waals surface area contributed by atoms with E-state index in [0.717, 1.165) is 35.0 Å². The van der Waals surface area contributed by atoms with Crippen molar-refractivity contribution in [2.75, 3.05) is 25.2 Å². The molecule has 4 rings (SSSR count). The van der Waals surface area contributed by atoms with Crippen molar-refractivity contribution in [3.8, 4) is 11.5 Å². The standard InChI is InChI=1S/C20H22N4O3S/c1-28-11-7-15(20-23-22-18-4-2-3-8-24(18)20)21-19(25)13-14-5-6-16-17(12-14)27-10-9-26-16/h2-6,8,12,15H,7,9-11,13H2,1H3,(H,21,25). The van der Waals surface area contributed by atoms with Crippen LogP contribution < -0.4 is 14.8 Å². The number of carbonyl (C=O) groups is 1. The van der Waals surface area contributed by atoms with Crippen molar-refractivity contribution in [2.24, 2.45) is 0 Å². The number of hydrogen-bond acceptors (Lipinski definition) is 6. The fourth-order valence-electron chi connectivity index (χ4n) is 3.23. The van der Waals surface area contributed by atoms with Crippen LogP contribution in [0.25, 0.3) is 5.65 Å². The Kier molecular flexibility index (Phi) is 5.66. The van der Waals surface area contributed by atoms with Crippen LogP contribution in [0.2, 0.25) is 0 Å². The van der Waals surface area contributed by atoms with Crippen LogP contribution in [-0.2, 0) is 11.2 Å². The molecular formula is C20H22N4O3S. The van der Waals surface area contributed by atoms with Crippen LogP contribution in [0, 0.1) is 0 Å². The highest BCUT2D eigenvalue weighted by Crippen LogP contribution is 2.31. The van der Waals surface area contributed by atoms with Gasteiger partial charge in [-0.05, 0) is 48.3 Å². The van der Waals surface area contributed by atoms with Gasteiger partial charge in [0, 0.05) is 6.20 Å². The Morgan fingerprint density at radius 3 is 2.93 bits per heavy atom. The molecule has 1 N–H and O–H groups in total. The highest BCUT2D eigenvalue weighted by Gasteiger charge is 2.21. The second kappa shape index (κ2) is 8.52. The summed E-state index contributed by atoms with van der Waals surface area (Å²) < 4.78 is 13.1. The average molecular weight is 398 g/mol. The second-order valence-corrected chi connectivity index (χ2v) is 7.53. The lowest BCUT2D eigenvalue weighted by Gasteiger charge is -2.19. The number of hydrogen-bond donors (Lipinski definition) is 1. The molecule has 3 aromatic rings. The first-order valence-electron chi connectivity index (χ1n) is 9.21. The monoisotopic (exact) mass is 398 g/mol. The molecule has 0 fully saturated rings. The molecule has 1 aliphatic heterocycles. The van der Waals surface area contributed by atoms with E-state index in [1.165, 1.54) is 0 Å². The van der Waals surface area contributed by atoms with E-state index in [1.54, 1.807) is 11.8 Å². The van der Waals surface area contributed by atoms with Gasteiger partial charge in [0.05, 0.1) is 12.5 Å². The van der Waals surface area contributed by atoms with Gasteiger partial charge in [0.25, 0.3) is 0 Å². The number of amides is 1. The van der Waals surface area contributed by atoms with Crippen molar-refractivity contribution in [1.82, 2.24) is 19.9 Å². The topological polar surface area (TPSA) is 77.8 Å². The molecule has 7 nitrogen and oxygen atoms in total. The zero-order valence-corrected chi connectivity index (χ0v) is 16.4. The summed E-state index contributed by atoms with van der Waals surface area (Å²) in [6.07, 6.45) is 5.02. The molecule has 0 spiro atoms. The zero-order chi connectivity index (χ0) is 19.3. The smallest absolute Gasteiger partial charge is 0.225 e. The first-order valence-corrected chi connectivity index (χ1v) is 10.6. The third-order valence-corrected chi connectivity index (χ3v) is 5.21. The Balaban J connectivity index is 1.49. The Labute approximate surface area is 167 Å². The van der Waals surface area contributed by atoms with E-state index in [1.807, 2.05) is 47.0 Å². The van der Waals surface area contributed by atoms with Crippen molar-refractivity contribution in [1.29, 1.82) is 0 Å². The second-order valence-electron chi connectivity index (χ2n) is 6.54. The number of pyridine rings is 1. The summed E-state index contributed by atoms with van der Waals surface area (Å²) in [6.45, 7) is 1.08. The molecule has 146 valence electrons. The van der Waals surface area contributed by atoms with Gasteiger partial charge in [-0.2, -0.15) is 11.8 Å². The minimum Gasteiger partial charge on any atom is -0.486 e. The summed E-state index contributed by atoms with van der Waals surface area (Å²) >= 11 is 1.74. The van der Waals surface area contributed by atoms with Crippen LogP contribution >= 0.6 is 11.8 Å². The molecule has 2 aromatic heterocycles. The fraction of sp³-hybridized carbons (Fsp3) is 0.350. The van der Waals surface area contributed by atoms with E-state index >= 15 is 0 Å². The molecule has 0 aliphatic carbocycles. The van der Waals surface area contributed by atoms with Gasteiger partial charge in [-0.3, -0.25) is 9.20 Å². The summed E-state index contributed by atoms with van der Waals surface area (Å²) in [6, 6.07) is 11.2. The normalized spacial score (nSPS) is 14.0. The van der Waals surface area contributed by atoms with Gasteiger partial charge in [-0.15, -0.1) is 10.2 Å². The summed E-state index contributed by atoms with van der Waals surface area (Å²) in [5.41, 5.74) is 1.66. The number of aromatic nitrogens is 3. The predicted molar refractivity (Wildman–Crippen MR) is 108 cm³/mol. The molecule has 28 heavy (non-hydrogen) atoms. The number of nitrogens with one attached hydrogen (secondary N) is 1. The van der Waals surface area contributed by atoms with E-state index in [-0.39, 0.29) is 18.4 Å². The molecule has 1 atom stereocenters. The number of carbonyl (C=O) groups excluding carboxylic acids is 1. The molecule has 8 heteroatoms. The first kappa shape index (κ1) is 18.6. The summed E-state index contributed by atoms with van der Waals surface area (Å²) in [5, 5.41) is 11.7. The van der Waals surface area contributed by atoms with Crippen molar-refractivity contribution in [3.63, 3.8) is 0 Å². The summed E-state index contributed by atoms with van der Waals surface area (Å²) in [4.78, 5) is 12.7. The molecule has 0 saturated heterocycles. The van der Waals surface area contributed by atoms with Crippen molar-refractivity contribution in [3.05, 3.63) is 54.0 Å². The largest absolute Gasteiger partial charge is 0.486 e. The van der Waals surface area contributed by atoms with Gasteiger partial charge in [0.1, 0.15) is 13.2 Å². The van der Waals surface area contributed by atoms with Gasteiger partial charge in [0.15, 0.2) is 23.0 Å². The lowest BCUT2D eigenvalue weighted by Crippen LogP contribution is -2.31. The Morgan fingerprint density at radius 2 is 2.07 bits per heavy atom. The lowest BCUT2D eigenvalue weighted by molar-refractivity contribution is -0.121. The molecule has 3 heterocycles. The molecule has 0 saturated carbocycles. The average Bonchev–Trinajstić information content (AvgIpc) is 3.15. The number of benzene rings is 1. The van der Waals surface area contributed by atoms with E-state index < -0.39 is 0 Å². The van der Waals surface area contributed by atoms with Gasteiger partial charge in [-0.1, -0.05) is 12.1 Å². The van der Waals surface area contributed by atoms with E-state index in [4.69, 9.17) is 9.47 Å². The SMILES string of the molecule is CSCCC(NC(=O)Cc1ccc2c(c1)OCCO2)c1nnc2ccccn12. The molecule has 0 radical (unpaired) electrons. The van der Waals surface area contributed by atoms with Crippen LogP contribution in [-0.4, -0.2) is 45.7 Å². The van der Waals surface area contributed by atoms with Gasteiger partial charge >= 0.3 is 0 Å². The van der Waals surface area contributed by atoms with Crippen LogP contribution in [0.15, 0.2) is 42.6 Å². The Hall–Kier alpha value is -2.74. The molecule has 0 bridgehead atoms. The maximum Gasteiger partial charge on any atom is 0.225 e. The van der Waals surface area contributed by atoms with E-state index in [2.05, 4.69) is 21.8 Å². The number of thioether (sulfide) groups is 1. The van der Waals surface area contributed by atoms with Gasteiger partial charge < -0.3 is 14.8 Å².